The predicted molar refractivity (Wildman–Crippen MR) is 209 cm³/mol. The highest BCUT2D eigenvalue weighted by Crippen LogP contribution is 2.14. The molecule has 0 aliphatic rings. The summed E-state index contributed by atoms with van der Waals surface area (Å²) in [5, 5.41) is 22.9. The first kappa shape index (κ1) is 47.3. The molecule has 0 rings (SSSR count). The number of carbonyl (C=O) groups excluding carboxylic acids is 2. The molecule has 0 bridgehead atoms. The fourth-order valence-corrected chi connectivity index (χ4v) is 6.16. The van der Waals surface area contributed by atoms with Crippen LogP contribution < -0.4 is 5.32 Å². The van der Waals surface area contributed by atoms with E-state index in [1.54, 1.807) is 0 Å². The maximum atomic E-state index is 12.3. The lowest BCUT2D eigenvalue weighted by atomic mass is 10.0. The molecule has 0 aromatic rings. The van der Waals surface area contributed by atoms with Crippen molar-refractivity contribution in [2.75, 3.05) is 13.2 Å². The van der Waals surface area contributed by atoms with Gasteiger partial charge in [-0.2, -0.15) is 0 Å². The topological polar surface area (TPSA) is 95.9 Å². The SMILES string of the molecule is CCCCCCC/C=C\CCCCCCCC(=O)OCCCCCC/C=C\CCCC(=O)NC(CO)C(O)CCCCCCCCCCC. The molecular formula is C43H81NO5. The Bertz CT molecular complexity index is 767. The number of ether oxygens (including phenoxy) is 1. The van der Waals surface area contributed by atoms with Crippen LogP contribution in [0.4, 0.5) is 0 Å². The predicted octanol–water partition coefficient (Wildman–Crippen LogP) is 11.6. The van der Waals surface area contributed by atoms with E-state index < -0.39 is 12.1 Å². The van der Waals surface area contributed by atoms with Gasteiger partial charge in [-0.1, -0.05) is 154 Å². The first-order valence-electron chi connectivity index (χ1n) is 21.1. The smallest absolute Gasteiger partial charge is 0.305 e. The summed E-state index contributed by atoms with van der Waals surface area (Å²) in [6, 6.07) is -0.576. The number of hydrogen-bond donors (Lipinski definition) is 3. The Kier molecular flexibility index (Phi) is 37.8. The third-order valence-corrected chi connectivity index (χ3v) is 9.47. The molecule has 2 unspecified atom stereocenters. The summed E-state index contributed by atoms with van der Waals surface area (Å²) in [5.41, 5.74) is 0. The number of esters is 1. The van der Waals surface area contributed by atoms with E-state index in [0.29, 0.717) is 25.9 Å². The van der Waals surface area contributed by atoms with Crippen LogP contribution in [0.2, 0.25) is 0 Å². The van der Waals surface area contributed by atoms with E-state index in [4.69, 9.17) is 4.74 Å². The molecule has 0 aromatic carbocycles. The Balaban J connectivity index is 3.56. The summed E-state index contributed by atoms with van der Waals surface area (Å²) in [6.45, 7) is 4.80. The zero-order valence-electron chi connectivity index (χ0n) is 32.4. The molecule has 49 heavy (non-hydrogen) atoms. The van der Waals surface area contributed by atoms with Gasteiger partial charge in [0.2, 0.25) is 5.91 Å². The summed E-state index contributed by atoms with van der Waals surface area (Å²) in [5.74, 6) is -0.146. The fraction of sp³-hybridized carbons (Fsp3) is 0.860. The molecule has 3 N–H and O–H groups in total. The quantitative estimate of drug-likeness (QED) is 0.0340. The number of hydrogen-bond acceptors (Lipinski definition) is 5. The number of unbranched alkanes of at least 4 members (excludes halogenated alkanes) is 23. The van der Waals surface area contributed by atoms with Crippen LogP contribution in [0, 0.1) is 0 Å². The second kappa shape index (κ2) is 39.1. The van der Waals surface area contributed by atoms with Crippen molar-refractivity contribution in [3.05, 3.63) is 24.3 Å². The van der Waals surface area contributed by atoms with Gasteiger partial charge in [0.15, 0.2) is 0 Å². The van der Waals surface area contributed by atoms with Crippen LogP contribution in [0.3, 0.4) is 0 Å². The van der Waals surface area contributed by atoms with Gasteiger partial charge in [-0.3, -0.25) is 9.59 Å². The van der Waals surface area contributed by atoms with Gasteiger partial charge in [0.1, 0.15) is 0 Å². The lowest BCUT2D eigenvalue weighted by Crippen LogP contribution is -2.45. The van der Waals surface area contributed by atoms with E-state index in [2.05, 4.69) is 43.5 Å². The van der Waals surface area contributed by atoms with Crippen LogP contribution in [-0.4, -0.2) is 47.4 Å². The van der Waals surface area contributed by atoms with Crippen molar-refractivity contribution >= 4 is 11.9 Å². The lowest BCUT2D eigenvalue weighted by molar-refractivity contribution is -0.143. The number of aliphatic hydroxyl groups is 2. The van der Waals surface area contributed by atoms with Gasteiger partial charge in [0, 0.05) is 12.8 Å². The minimum atomic E-state index is -0.692. The molecule has 6 heteroatoms. The van der Waals surface area contributed by atoms with E-state index in [1.165, 1.54) is 109 Å². The minimum absolute atomic E-state index is 0.0457. The van der Waals surface area contributed by atoms with Crippen molar-refractivity contribution in [2.45, 2.75) is 225 Å². The van der Waals surface area contributed by atoms with E-state index in [9.17, 15) is 19.8 Å². The molecule has 0 heterocycles. The zero-order chi connectivity index (χ0) is 35.9. The van der Waals surface area contributed by atoms with E-state index in [-0.39, 0.29) is 18.5 Å². The zero-order valence-corrected chi connectivity index (χ0v) is 32.4. The first-order chi connectivity index (χ1) is 24.0. The standard InChI is InChI=1S/C43H81NO5/c1-3-5-7-9-11-13-14-15-16-17-21-25-29-33-37-43(48)49-38-34-30-26-22-18-20-24-28-32-36-42(47)44-40(39-45)41(46)35-31-27-23-19-12-10-8-6-4-2/h14-15,20,24,40-41,45-46H,3-13,16-19,21-23,25-39H2,1-2H3,(H,44,47)/b15-14-,24-20-. The molecule has 0 aliphatic carbocycles. The third-order valence-electron chi connectivity index (χ3n) is 9.47. The van der Waals surface area contributed by atoms with Gasteiger partial charge >= 0.3 is 5.97 Å². The molecule has 0 spiro atoms. The second-order valence-electron chi connectivity index (χ2n) is 14.3. The minimum Gasteiger partial charge on any atom is -0.466 e. The average molecular weight is 692 g/mol. The van der Waals surface area contributed by atoms with Crippen LogP contribution in [0.25, 0.3) is 0 Å². The second-order valence-corrected chi connectivity index (χ2v) is 14.3. The summed E-state index contributed by atoms with van der Waals surface area (Å²) >= 11 is 0. The molecule has 0 saturated carbocycles. The number of allylic oxidation sites excluding steroid dienone is 4. The van der Waals surface area contributed by atoms with Crippen molar-refractivity contribution < 1.29 is 24.5 Å². The summed E-state index contributed by atoms with van der Waals surface area (Å²) in [7, 11) is 0. The Hall–Kier alpha value is -1.66. The van der Waals surface area contributed by atoms with Crippen LogP contribution >= 0.6 is 0 Å². The van der Waals surface area contributed by atoms with Crippen LogP contribution in [-0.2, 0) is 14.3 Å². The molecule has 0 aliphatic heterocycles. The summed E-state index contributed by atoms with van der Waals surface area (Å²) in [6.07, 6.45) is 42.8. The molecule has 0 saturated heterocycles. The average Bonchev–Trinajstić information content (AvgIpc) is 3.10. The molecule has 1 amide bonds. The molecule has 2 atom stereocenters. The van der Waals surface area contributed by atoms with Gasteiger partial charge in [-0.25, -0.2) is 0 Å². The van der Waals surface area contributed by atoms with Crippen molar-refractivity contribution in [1.82, 2.24) is 5.32 Å². The third kappa shape index (κ3) is 36.0. The van der Waals surface area contributed by atoms with E-state index in [0.717, 1.165) is 70.6 Å². The molecule has 0 radical (unpaired) electrons. The van der Waals surface area contributed by atoms with Crippen LogP contribution in [0.5, 0.6) is 0 Å². The van der Waals surface area contributed by atoms with Gasteiger partial charge in [0.05, 0.1) is 25.4 Å². The van der Waals surface area contributed by atoms with Crippen molar-refractivity contribution in [3.8, 4) is 0 Å². The summed E-state index contributed by atoms with van der Waals surface area (Å²) in [4.78, 5) is 24.3. The number of aliphatic hydroxyl groups excluding tert-OH is 2. The first-order valence-corrected chi connectivity index (χ1v) is 21.1. The monoisotopic (exact) mass is 692 g/mol. The maximum Gasteiger partial charge on any atom is 0.305 e. The number of amides is 1. The highest BCUT2D eigenvalue weighted by molar-refractivity contribution is 5.76. The summed E-state index contributed by atoms with van der Waals surface area (Å²) < 4.78 is 5.41. The Morgan fingerprint density at radius 1 is 0.551 bits per heavy atom. The van der Waals surface area contributed by atoms with E-state index >= 15 is 0 Å². The normalized spacial score (nSPS) is 13.0. The molecule has 6 nitrogen and oxygen atoms in total. The number of carbonyl (C=O) groups is 2. The molecular weight excluding hydrogens is 610 g/mol. The highest BCUT2D eigenvalue weighted by atomic mass is 16.5. The number of rotatable bonds is 38. The van der Waals surface area contributed by atoms with Crippen LogP contribution in [0.15, 0.2) is 24.3 Å². The van der Waals surface area contributed by atoms with Crippen molar-refractivity contribution in [3.63, 3.8) is 0 Å². The highest BCUT2D eigenvalue weighted by Gasteiger charge is 2.19. The Labute approximate surface area is 303 Å². The van der Waals surface area contributed by atoms with Crippen LogP contribution in [0.1, 0.15) is 213 Å². The van der Waals surface area contributed by atoms with Crippen molar-refractivity contribution in [2.24, 2.45) is 0 Å². The van der Waals surface area contributed by atoms with Crippen molar-refractivity contribution in [1.29, 1.82) is 0 Å². The van der Waals surface area contributed by atoms with Gasteiger partial charge < -0.3 is 20.3 Å². The fourth-order valence-electron chi connectivity index (χ4n) is 6.16. The number of nitrogens with one attached hydrogen (secondary N) is 1. The van der Waals surface area contributed by atoms with Gasteiger partial charge in [0.25, 0.3) is 0 Å². The Morgan fingerprint density at radius 2 is 0.980 bits per heavy atom. The Morgan fingerprint density at radius 3 is 1.49 bits per heavy atom. The van der Waals surface area contributed by atoms with Gasteiger partial charge in [-0.05, 0) is 70.6 Å². The van der Waals surface area contributed by atoms with E-state index in [1.807, 2.05) is 0 Å². The largest absolute Gasteiger partial charge is 0.466 e. The maximum absolute atomic E-state index is 12.3. The van der Waals surface area contributed by atoms with Gasteiger partial charge in [-0.15, -0.1) is 0 Å². The molecule has 0 aromatic heterocycles. The molecule has 0 fully saturated rings. The lowest BCUT2D eigenvalue weighted by Gasteiger charge is -2.22. The molecule has 288 valence electrons.